The van der Waals surface area contributed by atoms with E-state index in [4.69, 9.17) is 4.74 Å². The molecule has 0 radical (unpaired) electrons. The molecule has 16 heavy (non-hydrogen) atoms. The Labute approximate surface area is 94.9 Å². The van der Waals surface area contributed by atoms with Gasteiger partial charge in [-0.05, 0) is 30.7 Å². The van der Waals surface area contributed by atoms with E-state index in [2.05, 4.69) is 41.8 Å². The number of benzene rings is 1. The second-order valence-electron chi connectivity index (χ2n) is 3.91. The van der Waals surface area contributed by atoms with Crippen LogP contribution in [0.5, 0.6) is 5.75 Å². The molecule has 2 nitrogen and oxygen atoms in total. The zero-order valence-corrected chi connectivity index (χ0v) is 9.16. The largest absolute Gasteiger partial charge is 0.456 e. The van der Waals surface area contributed by atoms with E-state index in [9.17, 15) is 0 Å². The molecule has 1 aromatic rings. The average molecular weight is 211 g/mol. The van der Waals surface area contributed by atoms with E-state index in [0.717, 1.165) is 34.8 Å². The molecule has 0 amide bonds. The Morgan fingerprint density at radius 2 is 2.25 bits per heavy atom. The molecule has 0 saturated heterocycles. The van der Waals surface area contributed by atoms with Crippen molar-refractivity contribution in [3.8, 4) is 5.75 Å². The lowest BCUT2D eigenvalue weighted by atomic mass is 10.0. The van der Waals surface area contributed by atoms with Crippen molar-refractivity contribution in [2.24, 2.45) is 0 Å². The average Bonchev–Trinajstić information content (AvgIpc) is 2.35. The van der Waals surface area contributed by atoms with E-state index in [0.29, 0.717) is 0 Å². The van der Waals surface area contributed by atoms with Crippen LogP contribution in [0.3, 0.4) is 0 Å². The topological polar surface area (TPSA) is 21.3 Å². The Bertz CT molecular complexity index is 524. The van der Waals surface area contributed by atoms with Gasteiger partial charge in [-0.1, -0.05) is 12.2 Å². The maximum absolute atomic E-state index is 5.88. The summed E-state index contributed by atoms with van der Waals surface area (Å²) in [5.41, 5.74) is 3.37. The van der Waals surface area contributed by atoms with Crippen molar-refractivity contribution in [1.29, 1.82) is 0 Å². The normalized spacial score (nSPS) is 16.6. The summed E-state index contributed by atoms with van der Waals surface area (Å²) in [6.07, 6.45) is 9.49. The minimum absolute atomic E-state index is 0.928. The number of ether oxygens (including phenoxy) is 1. The monoisotopic (exact) mass is 211 g/mol. The summed E-state index contributed by atoms with van der Waals surface area (Å²) in [5, 5.41) is 3.11. The molecule has 3 rings (SSSR count). The van der Waals surface area contributed by atoms with Crippen molar-refractivity contribution in [1.82, 2.24) is 0 Å². The molecule has 1 aliphatic heterocycles. The fourth-order valence-corrected chi connectivity index (χ4v) is 1.97. The molecule has 0 aromatic heterocycles. The van der Waals surface area contributed by atoms with Crippen molar-refractivity contribution in [2.75, 3.05) is 12.4 Å². The third-order valence-corrected chi connectivity index (χ3v) is 2.85. The number of hydrogen-bond acceptors (Lipinski definition) is 2. The van der Waals surface area contributed by atoms with E-state index < -0.39 is 0 Å². The van der Waals surface area contributed by atoms with Crippen LogP contribution in [-0.4, -0.2) is 7.05 Å². The lowest BCUT2D eigenvalue weighted by Crippen LogP contribution is -2.06. The van der Waals surface area contributed by atoms with Gasteiger partial charge in [-0.25, -0.2) is 0 Å². The summed E-state index contributed by atoms with van der Waals surface area (Å²) in [6, 6.07) is 6.16. The summed E-state index contributed by atoms with van der Waals surface area (Å²) in [7, 11) is 1.91. The Hall–Kier alpha value is -1.96. The third-order valence-electron chi connectivity index (χ3n) is 2.85. The zero-order valence-electron chi connectivity index (χ0n) is 9.16. The van der Waals surface area contributed by atoms with Gasteiger partial charge in [0.05, 0.1) is 0 Å². The standard InChI is InChI=1S/C14H13NO/c1-15-12-7-6-11-8-10-4-2-3-5-13(10)16-14(11)9-12/h2,4-9,15H,3H2,1H3. The highest BCUT2D eigenvalue weighted by Crippen LogP contribution is 2.35. The van der Waals surface area contributed by atoms with Crippen LogP contribution in [-0.2, 0) is 0 Å². The quantitative estimate of drug-likeness (QED) is 0.769. The third kappa shape index (κ3) is 1.43. The molecule has 1 aromatic carbocycles. The summed E-state index contributed by atoms with van der Waals surface area (Å²) >= 11 is 0. The fraction of sp³-hybridized carbons (Fsp3) is 0.143. The molecule has 0 bridgehead atoms. The molecule has 0 atom stereocenters. The van der Waals surface area contributed by atoms with Gasteiger partial charge in [0.15, 0.2) is 0 Å². The fourth-order valence-electron chi connectivity index (χ4n) is 1.97. The van der Waals surface area contributed by atoms with Crippen LogP contribution in [0.2, 0.25) is 0 Å². The Morgan fingerprint density at radius 3 is 3.12 bits per heavy atom. The number of hydrogen-bond donors (Lipinski definition) is 1. The number of fused-ring (bicyclic) bond motifs is 2. The van der Waals surface area contributed by atoms with Crippen LogP contribution in [0.25, 0.3) is 6.08 Å². The van der Waals surface area contributed by atoms with Crippen LogP contribution in [0.1, 0.15) is 12.0 Å². The number of allylic oxidation sites excluding steroid dienone is 3. The molecule has 1 aliphatic carbocycles. The minimum atomic E-state index is 0.928. The van der Waals surface area contributed by atoms with Gasteiger partial charge in [0.2, 0.25) is 0 Å². The van der Waals surface area contributed by atoms with Crippen LogP contribution < -0.4 is 10.1 Å². The highest BCUT2D eigenvalue weighted by atomic mass is 16.5. The van der Waals surface area contributed by atoms with Crippen molar-refractivity contribution < 1.29 is 4.74 Å². The highest BCUT2D eigenvalue weighted by Gasteiger charge is 2.16. The molecule has 0 unspecified atom stereocenters. The summed E-state index contributed by atoms with van der Waals surface area (Å²) in [4.78, 5) is 0. The molecule has 2 heteroatoms. The molecule has 0 fully saturated rings. The van der Waals surface area contributed by atoms with Gasteiger partial charge >= 0.3 is 0 Å². The first-order valence-electron chi connectivity index (χ1n) is 5.45. The van der Waals surface area contributed by atoms with E-state index in [1.807, 2.05) is 13.1 Å². The zero-order chi connectivity index (χ0) is 11.0. The van der Waals surface area contributed by atoms with Crippen molar-refractivity contribution in [2.45, 2.75) is 6.42 Å². The second kappa shape index (κ2) is 3.56. The van der Waals surface area contributed by atoms with Gasteiger partial charge in [-0.3, -0.25) is 0 Å². The lowest BCUT2D eigenvalue weighted by Gasteiger charge is -2.21. The molecule has 1 heterocycles. The van der Waals surface area contributed by atoms with Crippen LogP contribution in [0.4, 0.5) is 5.69 Å². The maximum atomic E-state index is 5.88. The van der Waals surface area contributed by atoms with Gasteiger partial charge < -0.3 is 10.1 Å². The highest BCUT2D eigenvalue weighted by molar-refractivity contribution is 5.72. The first kappa shape index (κ1) is 9.28. The van der Waals surface area contributed by atoms with Crippen LogP contribution in [0, 0.1) is 0 Å². The van der Waals surface area contributed by atoms with E-state index >= 15 is 0 Å². The maximum Gasteiger partial charge on any atom is 0.136 e. The second-order valence-corrected chi connectivity index (χ2v) is 3.91. The summed E-state index contributed by atoms with van der Waals surface area (Å²) in [6.45, 7) is 0. The number of nitrogens with one attached hydrogen (secondary N) is 1. The van der Waals surface area contributed by atoms with Gasteiger partial charge in [-0.2, -0.15) is 0 Å². The lowest BCUT2D eigenvalue weighted by molar-refractivity contribution is 0.431. The van der Waals surface area contributed by atoms with Crippen molar-refractivity contribution in [3.05, 3.63) is 53.3 Å². The number of rotatable bonds is 1. The predicted molar refractivity (Wildman–Crippen MR) is 66.4 cm³/mol. The predicted octanol–water partition coefficient (Wildman–Crippen LogP) is 3.35. The molecular formula is C14H13NO. The minimum Gasteiger partial charge on any atom is -0.456 e. The molecule has 2 aliphatic rings. The Balaban J connectivity index is 2.09. The van der Waals surface area contributed by atoms with Gasteiger partial charge in [0.25, 0.3) is 0 Å². The molecule has 0 spiro atoms. The first-order chi connectivity index (χ1) is 7.86. The molecule has 1 N–H and O–H groups in total. The van der Waals surface area contributed by atoms with E-state index in [-0.39, 0.29) is 0 Å². The van der Waals surface area contributed by atoms with Crippen LogP contribution in [0.15, 0.2) is 47.8 Å². The van der Waals surface area contributed by atoms with Crippen LogP contribution >= 0.6 is 0 Å². The van der Waals surface area contributed by atoms with E-state index in [1.165, 1.54) is 0 Å². The van der Waals surface area contributed by atoms with E-state index in [1.54, 1.807) is 0 Å². The number of anilines is 1. The Kier molecular flexibility index (Phi) is 2.07. The summed E-state index contributed by atoms with van der Waals surface area (Å²) < 4.78 is 5.88. The first-order valence-corrected chi connectivity index (χ1v) is 5.45. The molecule has 80 valence electrons. The van der Waals surface area contributed by atoms with Crippen molar-refractivity contribution >= 4 is 11.8 Å². The molecule has 0 saturated carbocycles. The Morgan fingerprint density at radius 1 is 1.31 bits per heavy atom. The SMILES string of the molecule is CNc1ccc2c(c1)OC1=CCC=CC1=C2. The smallest absolute Gasteiger partial charge is 0.136 e. The summed E-state index contributed by atoms with van der Waals surface area (Å²) in [5.74, 6) is 1.90. The van der Waals surface area contributed by atoms with Gasteiger partial charge in [0.1, 0.15) is 11.5 Å². The van der Waals surface area contributed by atoms with Gasteiger partial charge in [0, 0.05) is 29.9 Å². The van der Waals surface area contributed by atoms with Gasteiger partial charge in [-0.15, -0.1) is 0 Å². The van der Waals surface area contributed by atoms with Crippen molar-refractivity contribution in [3.63, 3.8) is 0 Å². The molecular weight excluding hydrogens is 198 g/mol.